The Kier molecular flexibility index (Phi) is 8.68. The number of carbonyl (C=O) groups is 3. The van der Waals surface area contributed by atoms with Crippen LogP contribution in [0.2, 0.25) is 0 Å². The molecule has 0 aromatic carbocycles. The first-order valence-corrected chi connectivity index (χ1v) is 9.17. The van der Waals surface area contributed by atoms with Crippen molar-refractivity contribution < 1.29 is 19.1 Å². The zero-order chi connectivity index (χ0) is 18.1. The number of Topliss-reactive ketones (excluding diaryl/α,β-unsaturated/α-hetero) is 1. The Morgan fingerprint density at radius 1 is 1.08 bits per heavy atom. The summed E-state index contributed by atoms with van der Waals surface area (Å²) < 4.78 is 5.04. The molecule has 0 unspecified atom stereocenters. The third kappa shape index (κ3) is 7.73. The van der Waals surface area contributed by atoms with Gasteiger partial charge in [0.15, 0.2) is 12.4 Å². The minimum absolute atomic E-state index is 0.00161. The highest BCUT2D eigenvalue weighted by atomic mass is 32.1. The van der Waals surface area contributed by atoms with Crippen LogP contribution in [0.1, 0.15) is 50.2 Å². The van der Waals surface area contributed by atoms with Crippen LogP contribution in [0, 0.1) is 11.8 Å². The summed E-state index contributed by atoms with van der Waals surface area (Å²) in [6.45, 7) is 9.21. The van der Waals surface area contributed by atoms with Gasteiger partial charge >= 0.3 is 5.97 Å². The molecule has 1 heterocycles. The first-order valence-electron chi connectivity index (χ1n) is 8.29. The van der Waals surface area contributed by atoms with E-state index in [1.165, 1.54) is 11.3 Å². The fraction of sp³-hybridized carbons (Fsp3) is 0.611. The number of amides is 1. The summed E-state index contributed by atoms with van der Waals surface area (Å²) in [5.41, 5.74) is 0. The van der Waals surface area contributed by atoms with Crippen molar-refractivity contribution in [1.29, 1.82) is 0 Å². The van der Waals surface area contributed by atoms with Gasteiger partial charge in [-0.1, -0.05) is 33.8 Å². The Hall–Kier alpha value is -1.69. The number of esters is 1. The summed E-state index contributed by atoms with van der Waals surface area (Å²) in [5.74, 6) is -0.0641. The van der Waals surface area contributed by atoms with Gasteiger partial charge in [-0.2, -0.15) is 0 Å². The van der Waals surface area contributed by atoms with Gasteiger partial charge in [-0.15, -0.1) is 11.3 Å². The predicted molar refractivity (Wildman–Crippen MR) is 95.1 cm³/mol. The maximum absolute atomic E-state index is 12.2. The lowest BCUT2D eigenvalue weighted by Crippen LogP contribution is -2.39. The standard InChI is InChI=1S/C18H27NO4S/c1-13(2)10-19(11-14(3)4)17(21)12-23-18(22)8-7-15(20)16-6-5-9-24-16/h5-6,9,13-14H,7-8,10-12H2,1-4H3. The van der Waals surface area contributed by atoms with Crippen LogP contribution < -0.4 is 0 Å². The SMILES string of the molecule is CC(C)CN(CC(C)C)C(=O)COC(=O)CCC(=O)c1cccs1. The second kappa shape index (κ2) is 10.2. The molecule has 1 aromatic rings. The topological polar surface area (TPSA) is 63.7 Å². The Bertz CT molecular complexity index is 527. The minimum atomic E-state index is -0.512. The van der Waals surface area contributed by atoms with Crippen LogP contribution in [0.3, 0.4) is 0 Å². The molecule has 0 radical (unpaired) electrons. The van der Waals surface area contributed by atoms with Gasteiger partial charge in [-0.05, 0) is 23.3 Å². The van der Waals surface area contributed by atoms with Crippen LogP contribution in [0.15, 0.2) is 17.5 Å². The molecule has 24 heavy (non-hydrogen) atoms. The minimum Gasteiger partial charge on any atom is -0.456 e. The number of thiophene rings is 1. The van der Waals surface area contributed by atoms with Gasteiger partial charge in [-0.3, -0.25) is 14.4 Å². The molecule has 0 aliphatic carbocycles. The molecular formula is C18H27NO4S. The van der Waals surface area contributed by atoms with Gasteiger partial charge in [0.1, 0.15) is 0 Å². The molecule has 1 rings (SSSR count). The number of hydrogen-bond donors (Lipinski definition) is 0. The van der Waals surface area contributed by atoms with Crippen molar-refractivity contribution in [2.45, 2.75) is 40.5 Å². The van der Waals surface area contributed by atoms with Crippen LogP contribution in [0.4, 0.5) is 0 Å². The van der Waals surface area contributed by atoms with Gasteiger partial charge in [0.05, 0.1) is 11.3 Å². The predicted octanol–water partition coefficient (Wildman–Crippen LogP) is 3.39. The van der Waals surface area contributed by atoms with E-state index >= 15 is 0 Å². The summed E-state index contributed by atoms with van der Waals surface area (Å²) in [4.78, 5) is 38.2. The molecule has 0 spiro atoms. The van der Waals surface area contributed by atoms with Crippen molar-refractivity contribution in [2.24, 2.45) is 11.8 Å². The monoisotopic (exact) mass is 353 g/mol. The normalized spacial score (nSPS) is 10.9. The molecule has 5 nitrogen and oxygen atoms in total. The van der Waals surface area contributed by atoms with Crippen LogP contribution in [0.25, 0.3) is 0 Å². The number of carbonyl (C=O) groups excluding carboxylic acids is 3. The van der Waals surface area contributed by atoms with E-state index in [9.17, 15) is 14.4 Å². The summed E-state index contributed by atoms with van der Waals surface area (Å²) >= 11 is 1.35. The summed E-state index contributed by atoms with van der Waals surface area (Å²) in [6, 6.07) is 3.53. The van der Waals surface area contributed by atoms with E-state index in [4.69, 9.17) is 4.74 Å². The molecule has 0 bridgehead atoms. The van der Waals surface area contributed by atoms with Crippen molar-refractivity contribution in [2.75, 3.05) is 19.7 Å². The summed E-state index contributed by atoms with van der Waals surface area (Å²) in [6.07, 6.45) is 0.105. The Labute approximate surface area is 148 Å². The first-order chi connectivity index (χ1) is 11.3. The largest absolute Gasteiger partial charge is 0.456 e. The van der Waals surface area contributed by atoms with Crippen molar-refractivity contribution >= 4 is 29.0 Å². The lowest BCUT2D eigenvalue weighted by Gasteiger charge is -2.26. The van der Waals surface area contributed by atoms with Gasteiger partial charge in [0, 0.05) is 19.5 Å². The van der Waals surface area contributed by atoms with Crippen LogP contribution in [-0.2, 0) is 14.3 Å². The molecule has 1 aromatic heterocycles. The first kappa shape index (κ1) is 20.4. The fourth-order valence-electron chi connectivity index (χ4n) is 2.24. The van der Waals surface area contributed by atoms with Crippen LogP contribution in [-0.4, -0.2) is 42.3 Å². The lowest BCUT2D eigenvalue weighted by atomic mass is 10.1. The quantitative estimate of drug-likeness (QED) is 0.478. The number of hydrogen-bond acceptors (Lipinski definition) is 5. The Morgan fingerprint density at radius 3 is 2.21 bits per heavy atom. The molecule has 0 aliphatic heterocycles. The molecule has 134 valence electrons. The number of rotatable bonds is 10. The van der Waals surface area contributed by atoms with E-state index in [1.54, 1.807) is 17.0 Å². The average Bonchev–Trinajstić information content (AvgIpc) is 3.03. The molecule has 1 amide bonds. The number of ketones is 1. The maximum Gasteiger partial charge on any atom is 0.306 e. The third-order valence-corrected chi connectivity index (χ3v) is 4.14. The molecule has 0 saturated heterocycles. The van der Waals surface area contributed by atoms with E-state index in [0.29, 0.717) is 29.8 Å². The van der Waals surface area contributed by atoms with E-state index in [-0.39, 0.29) is 31.1 Å². The second-order valence-electron chi connectivity index (χ2n) is 6.65. The van der Waals surface area contributed by atoms with Gasteiger partial charge < -0.3 is 9.64 Å². The zero-order valence-electron chi connectivity index (χ0n) is 14.9. The fourth-order valence-corrected chi connectivity index (χ4v) is 2.94. The number of nitrogens with zero attached hydrogens (tertiary/aromatic N) is 1. The van der Waals surface area contributed by atoms with Crippen LogP contribution >= 0.6 is 11.3 Å². The molecule has 0 saturated carbocycles. The maximum atomic E-state index is 12.2. The molecule has 0 aliphatic rings. The Balaban J connectivity index is 2.38. The molecule has 0 atom stereocenters. The molecule has 0 N–H and O–H groups in total. The highest BCUT2D eigenvalue weighted by molar-refractivity contribution is 7.12. The second-order valence-corrected chi connectivity index (χ2v) is 7.60. The van der Waals surface area contributed by atoms with Gasteiger partial charge in [-0.25, -0.2) is 0 Å². The Morgan fingerprint density at radius 2 is 1.71 bits per heavy atom. The smallest absolute Gasteiger partial charge is 0.306 e. The molecule has 0 fully saturated rings. The van der Waals surface area contributed by atoms with E-state index < -0.39 is 5.97 Å². The van der Waals surface area contributed by atoms with Crippen molar-refractivity contribution in [3.63, 3.8) is 0 Å². The molecular weight excluding hydrogens is 326 g/mol. The van der Waals surface area contributed by atoms with E-state index in [1.807, 2.05) is 33.1 Å². The van der Waals surface area contributed by atoms with E-state index in [2.05, 4.69) is 0 Å². The van der Waals surface area contributed by atoms with Crippen molar-refractivity contribution in [1.82, 2.24) is 4.90 Å². The zero-order valence-corrected chi connectivity index (χ0v) is 15.7. The van der Waals surface area contributed by atoms with Gasteiger partial charge in [0.25, 0.3) is 5.91 Å². The lowest BCUT2D eigenvalue weighted by molar-refractivity contribution is -0.152. The summed E-state index contributed by atoms with van der Waals surface area (Å²) in [7, 11) is 0. The average molecular weight is 353 g/mol. The highest BCUT2D eigenvalue weighted by Gasteiger charge is 2.18. The summed E-state index contributed by atoms with van der Waals surface area (Å²) in [5, 5.41) is 1.82. The van der Waals surface area contributed by atoms with E-state index in [0.717, 1.165) is 0 Å². The van der Waals surface area contributed by atoms with Gasteiger partial charge in [0.2, 0.25) is 0 Å². The van der Waals surface area contributed by atoms with Crippen LogP contribution in [0.5, 0.6) is 0 Å². The van der Waals surface area contributed by atoms with Crippen molar-refractivity contribution in [3.8, 4) is 0 Å². The highest BCUT2D eigenvalue weighted by Crippen LogP contribution is 2.12. The molecule has 6 heteroatoms. The number of ether oxygens (including phenoxy) is 1. The third-order valence-electron chi connectivity index (χ3n) is 3.23. The van der Waals surface area contributed by atoms with Crippen molar-refractivity contribution in [3.05, 3.63) is 22.4 Å².